The number of rotatable bonds is 7. The monoisotopic (exact) mass is 467 g/mol. The van der Waals surface area contributed by atoms with Crippen LogP contribution in [0.3, 0.4) is 0 Å². The summed E-state index contributed by atoms with van der Waals surface area (Å²) in [6, 6.07) is 15.3. The fraction of sp³-hybridized carbons (Fsp3) is 0.536. The normalized spacial score (nSPS) is 21.0. The third kappa shape index (κ3) is 6.50. The first-order chi connectivity index (χ1) is 16.5. The summed E-state index contributed by atoms with van der Waals surface area (Å²) in [7, 11) is 0. The van der Waals surface area contributed by atoms with Crippen molar-refractivity contribution in [2.45, 2.75) is 64.6 Å². The molecule has 0 unspecified atom stereocenters. The van der Waals surface area contributed by atoms with E-state index in [0.29, 0.717) is 30.3 Å². The molecule has 2 aliphatic rings. The van der Waals surface area contributed by atoms with E-state index in [1.54, 1.807) is 12.1 Å². The van der Waals surface area contributed by atoms with Gasteiger partial charge in [0, 0.05) is 43.5 Å². The van der Waals surface area contributed by atoms with Gasteiger partial charge in [0.15, 0.2) is 0 Å². The molecule has 2 bridgehead atoms. The van der Waals surface area contributed by atoms with Crippen LogP contribution in [0.5, 0.6) is 5.75 Å². The lowest BCUT2D eigenvalue weighted by Crippen LogP contribution is -2.46. The van der Waals surface area contributed by atoms with Crippen molar-refractivity contribution in [1.82, 2.24) is 9.80 Å². The van der Waals surface area contributed by atoms with E-state index in [4.69, 9.17) is 4.74 Å². The van der Waals surface area contributed by atoms with Gasteiger partial charge in [0.2, 0.25) is 5.91 Å². The van der Waals surface area contributed by atoms with Crippen molar-refractivity contribution in [3.63, 3.8) is 0 Å². The summed E-state index contributed by atoms with van der Waals surface area (Å²) < 4.78 is 19.1. The first-order valence-electron chi connectivity index (χ1n) is 12.7. The summed E-state index contributed by atoms with van der Waals surface area (Å²) in [5, 5.41) is 3.63. The van der Waals surface area contributed by atoms with Crippen LogP contribution in [0.25, 0.3) is 0 Å². The number of amides is 1. The van der Waals surface area contributed by atoms with Crippen LogP contribution in [0.1, 0.15) is 51.5 Å². The number of halogens is 1. The Balaban J connectivity index is 1.48. The lowest BCUT2D eigenvalue weighted by molar-refractivity contribution is -0.133. The highest BCUT2D eigenvalue weighted by atomic mass is 19.1. The number of ether oxygens (including phenoxy) is 1. The first-order valence-corrected chi connectivity index (χ1v) is 12.7. The van der Waals surface area contributed by atoms with Gasteiger partial charge in [0.05, 0.1) is 13.0 Å². The number of nitrogens with zero attached hydrogens (tertiary/aromatic N) is 2. The maximum absolute atomic E-state index is 13.4. The van der Waals surface area contributed by atoms with E-state index in [9.17, 15) is 9.18 Å². The molecule has 1 saturated heterocycles. The Kier molecular flexibility index (Phi) is 8.44. The van der Waals surface area contributed by atoms with E-state index in [2.05, 4.69) is 36.2 Å². The second-order valence-electron chi connectivity index (χ2n) is 10.0. The fourth-order valence-corrected chi connectivity index (χ4v) is 5.18. The van der Waals surface area contributed by atoms with Crippen LogP contribution >= 0.6 is 0 Å². The average Bonchev–Trinajstić information content (AvgIpc) is 3.17. The van der Waals surface area contributed by atoms with E-state index in [1.165, 1.54) is 25.0 Å². The smallest absolute Gasteiger partial charge is 0.226 e. The number of hydrogen-bond acceptors (Lipinski definition) is 4. The summed E-state index contributed by atoms with van der Waals surface area (Å²) in [5.41, 5.74) is 2.26. The number of nitrogens with one attached hydrogen (secondary N) is 1. The molecule has 6 heteroatoms. The zero-order valence-electron chi connectivity index (χ0n) is 20.5. The molecule has 2 aromatic rings. The van der Waals surface area contributed by atoms with Crippen molar-refractivity contribution in [2.24, 2.45) is 5.92 Å². The summed E-state index contributed by atoms with van der Waals surface area (Å²) in [6.07, 6.45) is 4.90. The van der Waals surface area contributed by atoms with Crippen molar-refractivity contribution in [2.75, 3.05) is 31.6 Å². The molecular weight excluding hydrogens is 429 g/mol. The molecule has 2 atom stereocenters. The van der Waals surface area contributed by atoms with Gasteiger partial charge in [-0.2, -0.15) is 0 Å². The standard InChI is InChI=1S/C28H38FN3O2/c1-21(2)13-16-32-24-10-11-25(32)20-31(19-22-6-3-4-9-27(22)30-15-12-24)28(33)14-17-34-26-8-5-7-23(29)18-26/h3-9,18,21,24-25,30H,10-17,19-20H2,1-2H3/t24-,25+/m1/s1. The number of benzene rings is 2. The van der Waals surface area contributed by atoms with Crippen molar-refractivity contribution in [3.8, 4) is 5.75 Å². The largest absolute Gasteiger partial charge is 0.493 e. The molecule has 0 saturated carbocycles. The molecule has 184 valence electrons. The number of para-hydroxylation sites is 1. The number of fused-ring (bicyclic) bond motifs is 3. The van der Waals surface area contributed by atoms with Crippen LogP contribution in [0, 0.1) is 11.7 Å². The second kappa shape index (κ2) is 11.7. The van der Waals surface area contributed by atoms with Gasteiger partial charge in [-0.05, 0) is 61.9 Å². The molecule has 1 fully saturated rings. The minimum Gasteiger partial charge on any atom is -0.493 e. The van der Waals surface area contributed by atoms with Gasteiger partial charge >= 0.3 is 0 Å². The van der Waals surface area contributed by atoms with Crippen LogP contribution in [0.15, 0.2) is 48.5 Å². The number of hydrogen-bond donors (Lipinski definition) is 1. The maximum atomic E-state index is 13.4. The Hall–Kier alpha value is -2.60. The van der Waals surface area contributed by atoms with Crippen molar-refractivity contribution in [3.05, 3.63) is 59.9 Å². The van der Waals surface area contributed by atoms with Crippen LogP contribution < -0.4 is 10.1 Å². The Labute approximate surface area is 203 Å². The van der Waals surface area contributed by atoms with Gasteiger partial charge in [-0.3, -0.25) is 9.69 Å². The Bertz CT molecular complexity index is 951. The van der Waals surface area contributed by atoms with Crippen molar-refractivity contribution < 1.29 is 13.9 Å². The highest BCUT2D eigenvalue weighted by molar-refractivity contribution is 5.76. The molecule has 4 rings (SSSR count). The molecule has 2 heterocycles. The summed E-state index contributed by atoms with van der Waals surface area (Å²) in [5.74, 6) is 0.867. The molecule has 0 radical (unpaired) electrons. The molecule has 1 N–H and O–H groups in total. The van der Waals surface area contributed by atoms with Gasteiger partial charge in [-0.15, -0.1) is 0 Å². The van der Waals surface area contributed by atoms with Gasteiger partial charge in [-0.25, -0.2) is 4.39 Å². The minimum atomic E-state index is -0.336. The van der Waals surface area contributed by atoms with Crippen LogP contribution in [-0.2, 0) is 11.3 Å². The molecule has 5 nitrogen and oxygen atoms in total. The zero-order valence-corrected chi connectivity index (χ0v) is 20.5. The van der Waals surface area contributed by atoms with E-state index in [-0.39, 0.29) is 24.8 Å². The molecule has 0 aliphatic carbocycles. The second-order valence-corrected chi connectivity index (χ2v) is 10.0. The predicted octanol–water partition coefficient (Wildman–Crippen LogP) is 5.32. The zero-order chi connectivity index (χ0) is 23.9. The molecule has 2 aromatic carbocycles. The number of carbonyl (C=O) groups is 1. The van der Waals surface area contributed by atoms with E-state index >= 15 is 0 Å². The maximum Gasteiger partial charge on any atom is 0.226 e. The third-order valence-electron chi connectivity index (χ3n) is 7.07. The Morgan fingerprint density at radius 1 is 1.12 bits per heavy atom. The summed E-state index contributed by atoms with van der Waals surface area (Å²) in [6.45, 7) is 8.15. The average molecular weight is 468 g/mol. The molecule has 2 aliphatic heterocycles. The molecule has 0 spiro atoms. The van der Waals surface area contributed by atoms with Gasteiger partial charge < -0.3 is 15.0 Å². The first kappa shape index (κ1) is 24.5. The molecule has 1 amide bonds. The highest BCUT2D eigenvalue weighted by Gasteiger charge is 2.35. The third-order valence-corrected chi connectivity index (χ3v) is 7.07. The summed E-state index contributed by atoms with van der Waals surface area (Å²) in [4.78, 5) is 18.1. The SMILES string of the molecule is CC(C)CCN1[C@H]2CCNc3ccccc3CN(C(=O)CCOc3cccc(F)c3)C[C@@H]1CC2. The molecular formula is C28H38FN3O2. The Morgan fingerprint density at radius 3 is 2.76 bits per heavy atom. The number of anilines is 1. The fourth-order valence-electron chi connectivity index (χ4n) is 5.18. The highest BCUT2D eigenvalue weighted by Crippen LogP contribution is 2.30. The van der Waals surface area contributed by atoms with Gasteiger partial charge in [0.1, 0.15) is 11.6 Å². The molecule has 34 heavy (non-hydrogen) atoms. The lowest BCUT2D eigenvalue weighted by atomic mass is 10.1. The lowest BCUT2D eigenvalue weighted by Gasteiger charge is -2.34. The van der Waals surface area contributed by atoms with Gasteiger partial charge in [0.25, 0.3) is 0 Å². The van der Waals surface area contributed by atoms with E-state index < -0.39 is 0 Å². The quantitative estimate of drug-likeness (QED) is 0.599. The van der Waals surface area contributed by atoms with E-state index in [1.807, 2.05) is 17.0 Å². The summed E-state index contributed by atoms with van der Waals surface area (Å²) >= 11 is 0. The van der Waals surface area contributed by atoms with Crippen molar-refractivity contribution in [1.29, 1.82) is 0 Å². The number of carbonyl (C=O) groups excluding carboxylic acids is 1. The Morgan fingerprint density at radius 2 is 1.94 bits per heavy atom. The molecule has 0 aromatic heterocycles. The van der Waals surface area contributed by atoms with E-state index in [0.717, 1.165) is 43.7 Å². The van der Waals surface area contributed by atoms with Crippen molar-refractivity contribution >= 4 is 11.6 Å². The minimum absolute atomic E-state index is 0.0812. The van der Waals surface area contributed by atoms with Crippen LogP contribution in [-0.4, -0.2) is 54.0 Å². The van der Waals surface area contributed by atoms with Gasteiger partial charge in [-0.1, -0.05) is 38.1 Å². The topological polar surface area (TPSA) is 44.8 Å². The van der Waals surface area contributed by atoms with Crippen LogP contribution in [0.4, 0.5) is 10.1 Å². The van der Waals surface area contributed by atoms with Crippen LogP contribution in [0.2, 0.25) is 0 Å². The predicted molar refractivity (Wildman–Crippen MR) is 134 cm³/mol.